The summed E-state index contributed by atoms with van der Waals surface area (Å²) in [6.07, 6.45) is 0.667. The number of halogens is 1. The lowest BCUT2D eigenvalue weighted by Gasteiger charge is -2.21. The van der Waals surface area contributed by atoms with E-state index >= 15 is 0 Å². The molecule has 0 bridgehead atoms. The topological polar surface area (TPSA) is 63.4 Å². The number of nitrogens with zero attached hydrogens (tertiary/aromatic N) is 1. The zero-order chi connectivity index (χ0) is 12.6. The second-order valence-corrected chi connectivity index (χ2v) is 6.03. The number of hydrogen-bond acceptors (Lipinski definition) is 2. The quantitative estimate of drug-likeness (QED) is 0.871. The first-order valence-electron chi connectivity index (χ1n) is 5.43. The highest BCUT2D eigenvalue weighted by Crippen LogP contribution is 2.36. The van der Waals surface area contributed by atoms with Gasteiger partial charge in [-0.25, -0.2) is 9.53 Å². The van der Waals surface area contributed by atoms with Crippen molar-refractivity contribution in [1.82, 2.24) is 4.31 Å². The minimum atomic E-state index is -3.73. The third kappa shape index (κ3) is 2.65. The smallest absolute Gasteiger partial charge is 0.216 e. The Hall–Kier alpha value is -0.980. The van der Waals surface area contributed by atoms with Crippen molar-refractivity contribution in [3.05, 3.63) is 35.6 Å². The Balaban J connectivity index is 2.37. The molecule has 1 fully saturated rings. The van der Waals surface area contributed by atoms with Gasteiger partial charge in [-0.2, -0.15) is 12.7 Å². The van der Waals surface area contributed by atoms with E-state index in [9.17, 15) is 12.8 Å². The van der Waals surface area contributed by atoms with Gasteiger partial charge in [-0.15, -0.1) is 0 Å². The highest BCUT2D eigenvalue weighted by Gasteiger charge is 2.36. The standard InChI is InChI=1S/C11H15FN2O2S/c1-8-5-11(14(7-8)17(13,15)16)9-3-2-4-10(12)6-9/h2-4,6,8,11H,5,7H2,1H3,(H2,13,15,16). The molecule has 2 N–H and O–H groups in total. The van der Waals surface area contributed by atoms with Crippen LogP contribution in [0.2, 0.25) is 0 Å². The molecule has 1 aromatic carbocycles. The number of benzene rings is 1. The Morgan fingerprint density at radius 3 is 2.76 bits per heavy atom. The number of hydrogen-bond donors (Lipinski definition) is 1. The predicted octanol–water partition coefficient (Wildman–Crippen LogP) is 1.41. The number of rotatable bonds is 2. The molecule has 2 unspecified atom stereocenters. The second kappa shape index (κ2) is 4.36. The molecular formula is C11H15FN2O2S. The maximum absolute atomic E-state index is 13.1. The normalized spacial score (nSPS) is 26.3. The van der Waals surface area contributed by atoms with Crippen molar-refractivity contribution in [3.63, 3.8) is 0 Å². The van der Waals surface area contributed by atoms with Gasteiger partial charge in [-0.05, 0) is 30.0 Å². The highest BCUT2D eigenvalue weighted by atomic mass is 32.2. The van der Waals surface area contributed by atoms with Gasteiger partial charge in [-0.1, -0.05) is 19.1 Å². The Labute approximate surface area is 100 Å². The average molecular weight is 258 g/mol. The van der Waals surface area contributed by atoms with Crippen LogP contribution >= 0.6 is 0 Å². The average Bonchev–Trinajstić information content (AvgIpc) is 2.60. The van der Waals surface area contributed by atoms with Crippen molar-refractivity contribution in [3.8, 4) is 0 Å². The summed E-state index contributed by atoms with van der Waals surface area (Å²) in [5.74, 6) is -0.141. The molecule has 4 nitrogen and oxygen atoms in total. The molecule has 6 heteroatoms. The SMILES string of the molecule is CC1CC(c2cccc(F)c2)N(S(N)(=O)=O)C1. The van der Waals surface area contributed by atoms with Crippen molar-refractivity contribution in [2.45, 2.75) is 19.4 Å². The summed E-state index contributed by atoms with van der Waals surface area (Å²) < 4.78 is 37.3. The fourth-order valence-corrected chi connectivity index (χ4v) is 3.33. The van der Waals surface area contributed by atoms with Gasteiger partial charge in [0.05, 0.1) is 6.04 Å². The van der Waals surface area contributed by atoms with Gasteiger partial charge in [0, 0.05) is 6.54 Å². The van der Waals surface area contributed by atoms with Crippen LogP contribution in [0.15, 0.2) is 24.3 Å². The lowest BCUT2D eigenvalue weighted by molar-refractivity contribution is 0.394. The van der Waals surface area contributed by atoms with Crippen LogP contribution in [0.5, 0.6) is 0 Å². The van der Waals surface area contributed by atoms with Gasteiger partial charge in [-0.3, -0.25) is 0 Å². The highest BCUT2D eigenvalue weighted by molar-refractivity contribution is 7.86. The van der Waals surface area contributed by atoms with Crippen LogP contribution in [-0.4, -0.2) is 19.3 Å². The summed E-state index contributed by atoms with van der Waals surface area (Å²) in [6.45, 7) is 2.34. The monoisotopic (exact) mass is 258 g/mol. The summed E-state index contributed by atoms with van der Waals surface area (Å²) in [4.78, 5) is 0. The fraction of sp³-hybridized carbons (Fsp3) is 0.455. The largest absolute Gasteiger partial charge is 0.277 e. The molecule has 1 heterocycles. The molecule has 0 aromatic heterocycles. The molecule has 1 aliphatic heterocycles. The lowest BCUT2D eigenvalue weighted by atomic mass is 10.0. The summed E-state index contributed by atoms with van der Waals surface area (Å²) >= 11 is 0. The van der Waals surface area contributed by atoms with E-state index in [0.717, 1.165) is 0 Å². The van der Waals surface area contributed by atoms with Crippen LogP contribution in [0.3, 0.4) is 0 Å². The van der Waals surface area contributed by atoms with Gasteiger partial charge < -0.3 is 0 Å². The fourth-order valence-electron chi connectivity index (χ4n) is 2.31. The van der Waals surface area contributed by atoms with Crippen molar-refractivity contribution in [2.24, 2.45) is 11.1 Å². The first kappa shape index (κ1) is 12.5. The van der Waals surface area contributed by atoms with Gasteiger partial charge in [0.2, 0.25) is 0 Å². The molecule has 17 heavy (non-hydrogen) atoms. The Morgan fingerprint density at radius 1 is 1.47 bits per heavy atom. The van der Waals surface area contributed by atoms with Crippen LogP contribution in [0.1, 0.15) is 24.9 Å². The van der Waals surface area contributed by atoms with E-state index in [1.807, 2.05) is 6.92 Å². The molecule has 1 aromatic rings. The molecule has 94 valence electrons. The van der Waals surface area contributed by atoms with Gasteiger partial charge in [0.25, 0.3) is 10.2 Å². The molecule has 0 spiro atoms. The van der Waals surface area contributed by atoms with E-state index in [1.165, 1.54) is 16.4 Å². The Kier molecular flexibility index (Phi) is 3.20. The summed E-state index contributed by atoms with van der Waals surface area (Å²) in [7, 11) is -3.73. The zero-order valence-corrected chi connectivity index (χ0v) is 10.3. The maximum atomic E-state index is 13.1. The van der Waals surface area contributed by atoms with E-state index in [-0.39, 0.29) is 17.8 Å². The van der Waals surface area contributed by atoms with E-state index in [4.69, 9.17) is 5.14 Å². The van der Waals surface area contributed by atoms with Crippen molar-refractivity contribution in [1.29, 1.82) is 0 Å². The summed E-state index contributed by atoms with van der Waals surface area (Å²) in [5.41, 5.74) is 0.656. The van der Waals surface area contributed by atoms with Crippen LogP contribution in [-0.2, 0) is 10.2 Å². The lowest BCUT2D eigenvalue weighted by Crippen LogP contribution is -2.36. The maximum Gasteiger partial charge on any atom is 0.277 e. The molecule has 0 amide bonds. The Morgan fingerprint density at radius 2 is 2.18 bits per heavy atom. The summed E-state index contributed by atoms with van der Waals surface area (Å²) in [6, 6.07) is 5.65. The van der Waals surface area contributed by atoms with E-state index in [2.05, 4.69) is 0 Å². The molecule has 0 saturated carbocycles. The predicted molar refractivity (Wildman–Crippen MR) is 62.7 cm³/mol. The third-order valence-electron chi connectivity index (χ3n) is 3.03. The Bertz CT molecular complexity index is 518. The van der Waals surface area contributed by atoms with E-state index in [0.29, 0.717) is 18.5 Å². The minimum Gasteiger partial charge on any atom is -0.216 e. The van der Waals surface area contributed by atoms with Crippen molar-refractivity contribution < 1.29 is 12.8 Å². The van der Waals surface area contributed by atoms with Crippen LogP contribution in [0.25, 0.3) is 0 Å². The van der Waals surface area contributed by atoms with Gasteiger partial charge >= 0.3 is 0 Å². The van der Waals surface area contributed by atoms with Crippen LogP contribution in [0.4, 0.5) is 4.39 Å². The molecule has 2 atom stereocenters. The van der Waals surface area contributed by atoms with E-state index < -0.39 is 10.2 Å². The molecular weight excluding hydrogens is 243 g/mol. The summed E-state index contributed by atoms with van der Waals surface area (Å²) in [5, 5.41) is 5.17. The second-order valence-electron chi connectivity index (χ2n) is 4.53. The molecule has 1 saturated heterocycles. The van der Waals surface area contributed by atoms with E-state index in [1.54, 1.807) is 12.1 Å². The molecule has 0 aliphatic carbocycles. The van der Waals surface area contributed by atoms with Gasteiger partial charge in [0.1, 0.15) is 5.82 Å². The van der Waals surface area contributed by atoms with Crippen LogP contribution < -0.4 is 5.14 Å². The first-order valence-corrected chi connectivity index (χ1v) is 6.93. The number of nitrogens with two attached hydrogens (primary N) is 1. The molecule has 2 rings (SSSR count). The van der Waals surface area contributed by atoms with Crippen LogP contribution in [0, 0.1) is 11.7 Å². The molecule has 0 radical (unpaired) electrons. The zero-order valence-electron chi connectivity index (χ0n) is 9.51. The van der Waals surface area contributed by atoms with Gasteiger partial charge in [0.15, 0.2) is 0 Å². The van der Waals surface area contributed by atoms with Crippen molar-refractivity contribution in [2.75, 3.05) is 6.54 Å². The van der Waals surface area contributed by atoms with Crippen molar-refractivity contribution >= 4 is 10.2 Å². The molecule has 1 aliphatic rings. The first-order chi connectivity index (χ1) is 7.88. The minimum absolute atomic E-state index is 0.224. The third-order valence-corrected chi connectivity index (χ3v) is 4.08.